The van der Waals surface area contributed by atoms with Crippen molar-refractivity contribution in [3.05, 3.63) is 0 Å². The fourth-order valence-corrected chi connectivity index (χ4v) is 4.14. The molecule has 0 spiro atoms. The van der Waals surface area contributed by atoms with Crippen molar-refractivity contribution in [1.29, 1.82) is 0 Å². The summed E-state index contributed by atoms with van der Waals surface area (Å²) in [6.45, 7) is -4.40. The van der Waals surface area contributed by atoms with Gasteiger partial charge in [0.15, 0.2) is 6.29 Å². The summed E-state index contributed by atoms with van der Waals surface area (Å²) in [7, 11) is 0. The van der Waals surface area contributed by atoms with E-state index < -0.39 is 112 Å². The molecule has 3 aliphatic rings. The van der Waals surface area contributed by atoms with Gasteiger partial charge in [-0.15, -0.1) is 0 Å². The Morgan fingerprint density at radius 1 is 0.588 bits per heavy atom. The third-order valence-electron chi connectivity index (χ3n) is 6.27. The van der Waals surface area contributed by atoms with Gasteiger partial charge in [-0.2, -0.15) is 0 Å². The Bertz CT molecular complexity index is 668. The molecule has 3 aliphatic heterocycles. The van der Waals surface area contributed by atoms with Crippen LogP contribution < -0.4 is 0 Å². The monoisotopic (exact) mass is 504 g/mol. The van der Waals surface area contributed by atoms with Crippen LogP contribution in [-0.4, -0.2) is 168 Å². The van der Waals surface area contributed by atoms with E-state index in [1.807, 2.05) is 0 Å². The molecule has 16 heteroatoms. The molecule has 0 radical (unpaired) electrons. The molecule has 0 unspecified atom stereocenters. The van der Waals surface area contributed by atoms with Crippen molar-refractivity contribution in [1.82, 2.24) is 0 Å². The molecule has 16 nitrogen and oxygen atoms in total. The van der Waals surface area contributed by atoms with Crippen LogP contribution in [0.25, 0.3) is 0 Å². The van der Waals surface area contributed by atoms with Crippen LogP contribution in [0.3, 0.4) is 0 Å². The van der Waals surface area contributed by atoms with Crippen LogP contribution in [0.4, 0.5) is 0 Å². The minimum absolute atomic E-state index is 0.750. The highest BCUT2D eigenvalue weighted by atomic mass is 16.8. The molecule has 0 amide bonds. The number of ether oxygens (including phenoxy) is 5. The first kappa shape index (κ1) is 27.9. The van der Waals surface area contributed by atoms with Gasteiger partial charge in [-0.1, -0.05) is 0 Å². The van der Waals surface area contributed by atoms with Gasteiger partial charge in [0.1, 0.15) is 74.3 Å². The van der Waals surface area contributed by atoms with Crippen LogP contribution in [-0.2, 0) is 23.7 Å². The van der Waals surface area contributed by atoms with Crippen molar-refractivity contribution < 1.29 is 79.9 Å². The van der Waals surface area contributed by atoms with E-state index in [1.54, 1.807) is 0 Å². The zero-order valence-electron chi connectivity index (χ0n) is 17.8. The van der Waals surface area contributed by atoms with Gasteiger partial charge in [0.05, 0.1) is 19.8 Å². The van der Waals surface area contributed by atoms with Crippen LogP contribution in [0.1, 0.15) is 0 Å². The Balaban J connectivity index is 1.87. The zero-order valence-corrected chi connectivity index (χ0v) is 17.8. The first-order chi connectivity index (χ1) is 16.0. The van der Waals surface area contributed by atoms with Gasteiger partial charge in [-0.3, -0.25) is 0 Å². The molecule has 0 aromatic rings. The van der Waals surface area contributed by atoms with Crippen molar-refractivity contribution in [2.45, 2.75) is 78.9 Å². The summed E-state index contributed by atoms with van der Waals surface area (Å²) in [4.78, 5) is 0. The predicted molar refractivity (Wildman–Crippen MR) is 101 cm³/mol. The van der Waals surface area contributed by atoms with E-state index in [0.717, 1.165) is 0 Å². The Kier molecular flexibility index (Phi) is 8.85. The molecule has 3 heterocycles. The van der Waals surface area contributed by atoms with E-state index in [9.17, 15) is 56.2 Å². The average molecular weight is 504 g/mol. The van der Waals surface area contributed by atoms with Gasteiger partial charge in [-0.25, -0.2) is 0 Å². The summed E-state index contributed by atoms with van der Waals surface area (Å²) in [6.07, 6.45) is -19.0. The van der Waals surface area contributed by atoms with Crippen molar-refractivity contribution in [2.24, 2.45) is 0 Å². The fraction of sp³-hybridized carbons (Fsp3) is 1.00. The van der Waals surface area contributed by atoms with E-state index in [4.69, 9.17) is 23.7 Å². The Morgan fingerprint density at radius 3 is 1.56 bits per heavy atom. The van der Waals surface area contributed by atoms with Gasteiger partial charge in [0, 0.05) is 0 Å². The molecule has 0 aromatic heterocycles. The normalized spacial score (nSPS) is 51.8. The lowest BCUT2D eigenvalue weighted by molar-refractivity contribution is -0.399. The molecule has 0 saturated carbocycles. The first-order valence-electron chi connectivity index (χ1n) is 10.5. The highest BCUT2D eigenvalue weighted by molar-refractivity contribution is 5.01. The average Bonchev–Trinajstić information content (AvgIpc) is 3.23. The van der Waals surface area contributed by atoms with Crippen LogP contribution in [0, 0.1) is 0 Å². The van der Waals surface area contributed by atoms with Gasteiger partial charge in [0.2, 0.25) is 11.6 Å². The Morgan fingerprint density at radius 2 is 1.09 bits per heavy atom. The molecule has 3 saturated heterocycles. The maximum atomic E-state index is 10.7. The lowest BCUT2D eigenvalue weighted by Crippen LogP contribution is -2.63. The molecular formula is C18H32O16. The topological polar surface area (TPSA) is 269 Å². The minimum Gasteiger partial charge on any atom is -0.394 e. The summed E-state index contributed by atoms with van der Waals surface area (Å²) in [5, 5.41) is 109. The lowest BCUT2D eigenvalue weighted by atomic mass is 9.99. The van der Waals surface area contributed by atoms with Crippen molar-refractivity contribution >= 4 is 0 Å². The number of hydrogen-bond donors (Lipinski definition) is 11. The van der Waals surface area contributed by atoms with Crippen LogP contribution in [0.2, 0.25) is 0 Å². The quantitative estimate of drug-likeness (QED) is 0.139. The smallest absolute Gasteiger partial charge is 0.224 e. The molecule has 200 valence electrons. The second-order valence-corrected chi connectivity index (χ2v) is 8.43. The Hall–Kier alpha value is -0.640. The molecule has 34 heavy (non-hydrogen) atoms. The molecule has 13 atom stereocenters. The standard InChI is InChI=1S/C18H32O16/c19-1-6-9(23)12(26)13(27)16(31-6)34-18(15(29)11(25)8(3-21)33-18)5-30-17(4-22)14(28)10(24)7(2-20)32-17/h6-16,19-29H,1-5H2/t6-,7+,8+,9+,10-,11-,12-,13+,14-,15-,16+,17+,18-/m0/s1. The van der Waals surface area contributed by atoms with Crippen molar-refractivity contribution in [3.63, 3.8) is 0 Å². The summed E-state index contributed by atoms with van der Waals surface area (Å²) >= 11 is 0. The van der Waals surface area contributed by atoms with E-state index in [1.165, 1.54) is 0 Å². The van der Waals surface area contributed by atoms with Crippen LogP contribution in [0.15, 0.2) is 0 Å². The summed E-state index contributed by atoms with van der Waals surface area (Å²) in [5.41, 5.74) is 0. The van der Waals surface area contributed by atoms with Gasteiger partial charge in [-0.05, 0) is 0 Å². The highest BCUT2D eigenvalue weighted by Crippen LogP contribution is 2.39. The number of aliphatic hydroxyl groups is 11. The van der Waals surface area contributed by atoms with Crippen molar-refractivity contribution in [3.8, 4) is 0 Å². The second kappa shape index (κ2) is 10.8. The lowest BCUT2D eigenvalue weighted by Gasteiger charge is -2.44. The van der Waals surface area contributed by atoms with Gasteiger partial charge >= 0.3 is 0 Å². The highest BCUT2D eigenvalue weighted by Gasteiger charge is 2.62. The minimum atomic E-state index is -2.49. The molecule has 0 bridgehead atoms. The third kappa shape index (κ3) is 4.71. The number of aliphatic hydroxyl groups excluding tert-OH is 11. The molecule has 0 aromatic carbocycles. The molecular weight excluding hydrogens is 472 g/mol. The van der Waals surface area contributed by atoms with Gasteiger partial charge in [0.25, 0.3) is 0 Å². The third-order valence-corrected chi connectivity index (χ3v) is 6.27. The summed E-state index contributed by atoms with van der Waals surface area (Å²) in [5.74, 6) is -4.84. The van der Waals surface area contributed by atoms with Crippen molar-refractivity contribution in [2.75, 3.05) is 33.0 Å². The number of hydrogen-bond acceptors (Lipinski definition) is 16. The molecule has 11 N–H and O–H groups in total. The van der Waals surface area contributed by atoms with E-state index in [0.29, 0.717) is 0 Å². The zero-order chi connectivity index (χ0) is 25.4. The second-order valence-electron chi connectivity index (χ2n) is 8.43. The van der Waals surface area contributed by atoms with Crippen LogP contribution >= 0.6 is 0 Å². The molecule has 3 rings (SSSR count). The SMILES string of the molecule is OC[C@@H]1O[C@H](O[C@]2(CO[C@]3(CO)O[C@H](CO)[C@H](O)[C@@H]3O)O[C@H](CO)[C@H](O)[C@@H]2O)[C@H](O)[C@@H](O)[C@@H]1O. The van der Waals surface area contributed by atoms with E-state index in [-0.39, 0.29) is 0 Å². The maximum absolute atomic E-state index is 10.7. The number of rotatable bonds is 9. The maximum Gasteiger partial charge on any atom is 0.224 e. The summed E-state index contributed by atoms with van der Waals surface area (Å²) in [6, 6.07) is 0. The molecule has 3 fully saturated rings. The van der Waals surface area contributed by atoms with E-state index >= 15 is 0 Å². The van der Waals surface area contributed by atoms with E-state index in [2.05, 4.69) is 0 Å². The Labute approximate surface area is 192 Å². The van der Waals surface area contributed by atoms with Crippen LogP contribution in [0.5, 0.6) is 0 Å². The van der Waals surface area contributed by atoms with Gasteiger partial charge < -0.3 is 79.9 Å². The molecule has 0 aliphatic carbocycles. The summed E-state index contributed by atoms with van der Waals surface area (Å²) < 4.78 is 26.9. The largest absolute Gasteiger partial charge is 0.394 e. The first-order valence-corrected chi connectivity index (χ1v) is 10.5. The predicted octanol–water partition coefficient (Wildman–Crippen LogP) is -7.57. The fourth-order valence-electron chi connectivity index (χ4n) is 4.14.